The van der Waals surface area contributed by atoms with Crippen LogP contribution < -0.4 is 4.74 Å². The summed E-state index contributed by atoms with van der Waals surface area (Å²) >= 11 is 0. The van der Waals surface area contributed by atoms with Crippen LogP contribution in [0.4, 0.5) is 0 Å². The molecule has 0 radical (unpaired) electrons. The molecule has 5 heteroatoms. The predicted octanol–water partition coefficient (Wildman–Crippen LogP) is 2.38. The third-order valence-corrected chi connectivity index (χ3v) is 5.84. The van der Waals surface area contributed by atoms with Gasteiger partial charge in [-0.05, 0) is 38.5 Å². The fourth-order valence-electron chi connectivity index (χ4n) is 4.31. The van der Waals surface area contributed by atoms with E-state index < -0.39 is 0 Å². The zero-order valence-electron chi connectivity index (χ0n) is 15.8. The molecule has 1 unspecified atom stereocenters. The van der Waals surface area contributed by atoms with Crippen molar-refractivity contribution >= 4 is 5.91 Å². The van der Waals surface area contributed by atoms with Crippen LogP contribution in [0.3, 0.4) is 0 Å². The van der Waals surface area contributed by atoms with Crippen LogP contribution in [0.2, 0.25) is 0 Å². The molecule has 2 heterocycles. The van der Waals surface area contributed by atoms with Gasteiger partial charge in [-0.1, -0.05) is 25.1 Å². The molecule has 0 spiro atoms. The summed E-state index contributed by atoms with van der Waals surface area (Å²) in [4.78, 5) is 19.1. The number of rotatable bonds is 4. The van der Waals surface area contributed by atoms with Crippen molar-refractivity contribution in [3.05, 3.63) is 29.8 Å². The Kier molecular flexibility index (Phi) is 5.97. The lowest BCUT2D eigenvalue weighted by molar-refractivity contribution is -0.132. The SMILES string of the molecule is CCN1CCC(N2CCN(C(C)=O)CC2c2ccccc2OC)CC1. The van der Waals surface area contributed by atoms with Crippen LogP contribution in [0.5, 0.6) is 5.75 Å². The molecule has 0 bridgehead atoms. The highest BCUT2D eigenvalue weighted by Gasteiger charge is 2.36. The first-order chi connectivity index (χ1) is 12.1. The van der Waals surface area contributed by atoms with E-state index in [1.165, 1.54) is 31.5 Å². The summed E-state index contributed by atoms with van der Waals surface area (Å²) in [6.45, 7) is 9.93. The normalized spacial score (nSPS) is 23.6. The van der Waals surface area contributed by atoms with Crippen LogP contribution in [0.25, 0.3) is 0 Å². The van der Waals surface area contributed by atoms with Gasteiger partial charge in [-0.3, -0.25) is 9.69 Å². The van der Waals surface area contributed by atoms with Gasteiger partial charge in [0.1, 0.15) is 5.75 Å². The Morgan fingerprint density at radius 3 is 2.52 bits per heavy atom. The van der Waals surface area contributed by atoms with E-state index in [1.807, 2.05) is 17.0 Å². The predicted molar refractivity (Wildman–Crippen MR) is 99.8 cm³/mol. The van der Waals surface area contributed by atoms with Gasteiger partial charge >= 0.3 is 0 Å². The maximum absolute atomic E-state index is 12.0. The molecule has 0 aromatic heterocycles. The van der Waals surface area contributed by atoms with Gasteiger partial charge in [-0.2, -0.15) is 0 Å². The standard InChI is InChI=1S/C20H31N3O2/c1-4-21-11-9-17(10-12-21)23-14-13-22(16(2)24)15-19(23)18-7-5-6-8-20(18)25-3/h5-8,17,19H,4,9-15H2,1-3H3. The van der Waals surface area contributed by atoms with Crippen molar-refractivity contribution in [2.45, 2.75) is 38.8 Å². The van der Waals surface area contributed by atoms with E-state index in [9.17, 15) is 4.79 Å². The molecular formula is C20H31N3O2. The van der Waals surface area contributed by atoms with Crippen molar-refractivity contribution in [1.82, 2.24) is 14.7 Å². The number of piperazine rings is 1. The van der Waals surface area contributed by atoms with Crippen LogP contribution >= 0.6 is 0 Å². The van der Waals surface area contributed by atoms with Gasteiger partial charge < -0.3 is 14.5 Å². The number of amides is 1. The number of carbonyl (C=O) groups excluding carboxylic acids is 1. The molecule has 2 aliphatic rings. The summed E-state index contributed by atoms with van der Waals surface area (Å²) in [5, 5.41) is 0. The number of likely N-dealkylation sites (tertiary alicyclic amines) is 1. The number of hydrogen-bond donors (Lipinski definition) is 0. The van der Waals surface area contributed by atoms with E-state index in [4.69, 9.17) is 4.74 Å². The first kappa shape index (κ1) is 18.2. The van der Waals surface area contributed by atoms with Crippen LogP contribution in [0.15, 0.2) is 24.3 Å². The topological polar surface area (TPSA) is 36.0 Å². The average Bonchev–Trinajstić information content (AvgIpc) is 2.67. The third-order valence-electron chi connectivity index (χ3n) is 5.84. The fourth-order valence-corrected chi connectivity index (χ4v) is 4.31. The van der Waals surface area contributed by atoms with Crippen molar-refractivity contribution in [3.63, 3.8) is 0 Å². The second-order valence-electron chi connectivity index (χ2n) is 7.13. The van der Waals surface area contributed by atoms with Gasteiger partial charge in [0, 0.05) is 38.2 Å². The van der Waals surface area contributed by atoms with Gasteiger partial charge in [0.05, 0.1) is 13.2 Å². The smallest absolute Gasteiger partial charge is 0.219 e. The van der Waals surface area contributed by atoms with Crippen molar-refractivity contribution in [2.75, 3.05) is 46.4 Å². The molecule has 1 atom stereocenters. The minimum atomic E-state index is 0.167. The Labute approximate surface area is 151 Å². The minimum Gasteiger partial charge on any atom is -0.496 e. The van der Waals surface area contributed by atoms with E-state index in [-0.39, 0.29) is 11.9 Å². The molecule has 2 aliphatic heterocycles. The molecule has 0 N–H and O–H groups in total. The molecule has 5 nitrogen and oxygen atoms in total. The molecule has 1 aromatic carbocycles. The highest BCUT2D eigenvalue weighted by molar-refractivity contribution is 5.73. The van der Waals surface area contributed by atoms with Gasteiger partial charge in [-0.15, -0.1) is 0 Å². The van der Waals surface area contributed by atoms with Gasteiger partial charge in [0.2, 0.25) is 5.91 Å². The van der Waals surface area contributed by atoms with Gasteiger partial charge in [0.15, 0.2) is 0 Å². The van der Waals surface area contributed by atoms with E-state index in [2.05, 4.69) is 28.9 Å². The number of methoxy groups -OCH3 is 1. The number of nitrogens with zero attached hydrogens (tertiary/aromatic N) is 3. The second kappa shape index (κ2) is 8.19. The summed E-state index contributed by atoms with van der Waals surface area (Å²) in [5.74, 6) is 1.09. The number of ether oxygens (including phenoxy) is 1. The quantitative estimate of drug-likeness (QED) is 0.839. The van der Waals surface area contributed by atoms with Crippen LogP contribution in [0.1, 0.15) is 38.3 Å². The number of para-hydroxylation sites is 1. The van der Waals surface area contributed by atoms with Gasteiger partial charge in [-0.25, -0.2) is 0 Å². The fraction of sp³-hybridized carbons (Fsp3) is 0.650. The number of benzene rings is 1. The maximum Gasteiger partial charge on any atom is 0.219 e. The number of hydrogen-bond acceptors (Lipinski definition) is 4. The van der Waals surface area contributed by atoms with E-state index in [0.29, 0.717) is 6.04 Å². The first-order valence-electron chi connectivity index (χ1n) is 9.50. The summed E-state index contributed by atoms with van der Waals surface area (Å²) < 4.78 is 5.63. The zero-order chi connectivity index (χ0) is 17.8. The van der Waals surface area contributed by atoms with Crippen molar-refractivity contribution < 1.29 is 9.53 Å². The lowest BCUT2D eigenvalue weighted by Gasteiger charge is -2.47. The molecule has 0 aliphatic carbocycles. The Morgan fingerprint density at radius 1 is 1.16 bits per heavy atom. The molecule has 138 valence electrons. The second-order valence-corrected chi connectivity index (χ2v) is 7.13. The number of carbonyl (C=O) groups is 1. The summed E-state index contributed by atoms with van der Waals surface area (Å²) in [7, 11) is 1.73. The highest BCUT2D eigenvalue weighted by Crippen LogP contribution is 2.35. The van der Waals surface area contributed by atoms with Crippen molar-refractivity contribution in [2.24, 2.45) is 0 Å². The Balaban J connectivity index is 1.84. The number of piperidine rings is 1. The minimum absolute atomic E-state index is 0.167. The molecule has 2 saturated heterocycles. The molecule has 3 rings (SSSR count). The van der Waals surface area contributed by atoms with Crippen LogP contribution in [-0.4, -0.2) is 73.0 Å². The zero-order valence-corrected chi connectivity index (χ0v) is 15.8. The molecular weight excluding hydrogens is 314 g/mol. The third kappa shape index (κ3) is 3.98. The largest absolute Gasteiger partial charge is 0.496 e. The van der Waals surface area contributed by atoms with Crippen molar-refractivity contribution in [3.8, 4) is 5.75 Å². The molecule has 2 fully saturated rings. The summed E-state index contributed by atoms with van der Waals surface area (Å²) in [5.41, 5.74) is 1.20. The molecule has 25 heavy (non-hydrogen) atoms. The lowest BCUT2D eigenvalue weighted by atomic mass is 9.95. The molecule has 0 saturated carbocycles. The van der Waals surface area contributed by atoms with E-state index in [0.717, 1.165) is 31.9 Å². The van der Waals surface area contributed by atoms with Crippen LogP contribution in [0, 0.1) is 0 Å². The monoisotopic (exact) mass is 345 g/mol. The van der Waals surface area contributed by atoms with Crippen molar-refractivity contribution in [1.29, 1.82) is 0 Å². The first-order valence-corrected chi connectivity index (χ1v) is 9.50. The maximum atomic E-state index is 12.0. The summed E-state index contributed by atoms with van der Waals surface area (Å²) in [6.07, 6.45) is 2.42. The van der Waals surface area contributed by atoms with Gasteiger partial charge in [0.25, 0.3) is 0 Å². The Hall–Kier alpha value is -1.59. The molecule has 1 aromatic rings. The van der Waals surface area contributed by atoms with E-state index in [1.54, 1.807) is 14.0 Å². The summed E-state index contributed by atoms with van der Waals surface area (Å²) in [6, 6.07) is 9.07. The Bertz CT molecular complexity index is 584. The highest BCUT2D eigenvalue weighted by atomic mass is 16.5. The average molecular weight is 345 g/mol. The van der Waals surface area contributed by atoms with Crippen LogP contribution in [-0.2, 0) is 4.79 Å². The lowest BCUT2D eigenvalue weighted by Crippen LogP contribution is -2.55. The Morgan fingerprint density at radius 2 is 1.88 bits per heavy atom. The molecule has 1 amide bonds. The van der Waals surface area contributed by atoms with E-state index >= 15 is 0 Å².